The highest BCUT2D eigenvalue weighted by atomic mass is 19.4. The van der Waals surface area contributed by atoms with E-state index in [0.29, 0.717) is 35.2 Å². The molecule has 3 N–H and O–H groups in total. The van der Waals surface area contributed by atoms with Crippen LogP contribution in [-0.2, 0) is 19.0 Å². The van der Waals surface area contributed by atoms with E-state index in [1.54, 1.807) is 42.5 Å². The molecule has 0 aliphatic heterocycles. The third-order valence-electron chi connectivity index (χ3n) is 6.67. The Balaban J connectivity index is 1.40. The Bertz CT molecular complexity index is 1670. The molecule has 3 aromatic heterocycles. The smallest absolute Gasteiger partial charge is 0.434 e. The van der Waals surface area contributed by atoms with Crippen LogP contribution in [0.15, 0.2) is 76.0 Å². The molecule has 0 radical (unpaired) electrons. The molecule has 3 heterocycles. The number of nitrogens with two attached hydrogens (primary N) is 1. The lowest BCUT2D eigenvalue weighted by Gasteiger charge is -2.19. The maximum atomic E-state index is 14.2. The van der Waals surface area contributed by atoms with E-state index in [4.69, 9.17) is 14.7 Å². The molecule has 1 atom stereocenters. The van der Waals surface area contributed by atoms with Gasteiger partial charge in [-0.3, -0.25) is 0 Å². The summed E-state index contributed by atoms with van der Waals surface area (Å²) in [6.07, 6.45) is -1.39. The lowest BCUT2D eigenvalue weighted by molar-refractivity contribution is -0.142. The molecule has 0 fully saturated rings. The van der Waals surface area contributed by atoms with Gasteiger partial charge < -0.3 is 19.8 Å². The van der Waals surface area contributed by atoms with Gasteiger partial charge in [0.1, 0.15) is 17.0 Å². The first-order chi connectivity index (χ1) is 18.2. The Morgan fingerprint density at radius 3 is 2.61 bits per heavy atom. The molecule has 1 unspecified atom stereocenters. The molecule has 5 aromatic rings. The van der Waals surface area contributed by atoms with Crippen molar-refractivity contribution in [3.63, 3.8) is 0 Å². The van der Waals surface area contributed by atoms with Crippen LogP contribution in [0.25, 0.3) is 28.3 Å². The molecule has 0 saturated carbocycles. The van der Waals surface area contributed by atoms with Crippen molar-refractivity contribution in [1.29, 1.82) is 0 Å². The summed E-state index contributed by atoms with van der Waals surface area (Å²) in [4.78, 5) is 11.5. The lowest BCUT2D eigenvalue weighted by Crippen LogP contribution is -2.16. The van der Waals surface area contributed by atoms with Gasteiger partial charge >= 0.3 is 12.1 Å². The first-order valence-electron chi connectivity index (χ1n) is 11.6. The van der Waals surface area contributed by atoms with Crippen LogP contribution < -0.4 is 5.73 Å². The van der Waals surface area contributed by atoms with Gasteiger partial charge in [-0.25, -0.2) is 9.48 Å². The number of halogens is 3. The molecule has 6 rings (SSSR count). The molecule has 38 heavy (non-hydrogen) atoms. The van der Waals surface area contributed by atoms with E-state index >= 15 is 0 Å². The molecule has 192 valence electrons. The van der Waals surface area contributed by atoms with Crippen LogP contribution in [0.4, 0.5) is 13.2 Å². The Labute approximate surface area is 213 Å². The van der Waals surface area contributed by atoms with Crippen molar-refractivity contribution >= 4 is 5.97 Å². The first-order valence-corrected chi connectivity index (χ1v) is 11.6. The summed E-state index contributed by atoms with van der Waals surface area (Å²) in [5.74, 6) is -0.980. The van der Waals surface area contributed by atoms with Crippen LogP contribution in [0.3, 0.4) is 0 Å². The van der Waals surface area contributed by atoms with Gasteiger partial charge in [0.25, 0.3) is 0 Å². The van der Waals surface area contributed by atoms with Crippen molar-refractivity contribution in [2.75, 3.05) is 0 Å². The predicted octanol–water partition coefficient (Wildman–Crippen LogP) is 5.65. The average molecular weight is 520 g/mol. The van der Waals surface area contributed by atoms with Gasteiger partial charge in [0.05, 0.1) is 29.8 Å². The fourth-order valence-electron chi connectivity index (χ4n) is 4.91. The number of hydrogen-bond acceptors (Lipinski definition) is 6. The van der Waals surface area contributed by atoms with E-state index in [0.717, 1.165) is 16.4 Å². The number of alkyl halides is 3. The molecule has 1 aliphatic carbocycles. The fourth-order valence-corrected chi connectivity index (χ4v) is 4.91. The molecule has 0 saturated heterocycles. The Morgan fingerprint density at radius 2 is 1.87 bits per heavy atom. The van der Waals surface area contributed by atoms with Crippen molar-refractivity contribution < 1.29 is 32.0 Å². The summed E-state index contributed by atoms with van der Waals surface area (Å²) in [6, 6.07) is 13.9. The van der Waals surface area contributed by atoms with Gasteiger partial charge in [-0.15, -0.1) is 0 Å². The largest absolute Gasteiger partial charge is 0.478 e. The summed E-state index contributed by atoms with van der Waals surface area (Å²) in [5.41, 5.74) is 8.66. The zero-order valence-corrected chi connectivity index (χ0v) is 19.6. The number of carbonyl (C=O) groups is 1. The number of aromatic nitrogens is 3. The number of carboxylic acids is 1. The zero-order chi connectivity index (χ0) is 26.6. The lowest BCUT2D eigenvalue weighted by atomic mass is 9.86. The van der Waals surface area contributed by atoms with Crippen LogP contribution >= 0.6 is 0 Å². The standard InChI is InChI=1S/C27H19F3N4O4/c28-27(29,30)25-20(13-32-34(25)16-4-2-1-3-5-16)23-18-9-6-14-12-15(7-8-17(14)22(18)33-38-23)21(31)24-19(26(35)36)10-11-37-24/h1-5,7-8,10-13,21H,6,9,31H2,(H,35,36). The van der Waals surface area contributed by atoms with Crippen molar-refractivity contribution in [3.8, 4) is 28.3 Å². The Morgan fingerprint density at radius 1 is 1.08 bits per heavy atom. The van der Waals surface area contributed by atoms with Gasteiger partial charge in [0.2, 0.25) is 0 Å². The third kappa shape index (κ3) is 3.79. The normalized spacial score (nSPS) is 13.7. The summed E-state index contributed by atoms with van der Waals surface area (Å²) in [7, 11) is 0. The Kier molecular flexibility index (Phi) is 5.46. The van der Waals surface area contributed by atoms with Crippen molar-refractivity contribution in [2.45, 2.75) is 25.1 Å². The topological polar surface area (TPSA) is 120 Å². The van der Waals surface area contributed by atoms with E-state index in [1.165, 1.54) is 12.3 Å². The molecular formula is C27H19F3N4O4. The summed E-state index contributed by atoms with van der Waals surface area (Å²) in [6.45, 7) is 0. The number of furan rings is 1. The highest BCUT2D eigenvalue weighted by Crippen LogP contribution is 2.44. The minimum atomic E-state index is -4.69. The molecule has 2 aromatic carbocycles. The second-order valence-corrected chi connectivity index (χ2v) is 8.89. The van der Waals surface area contributed by atoms with Gasteiger partial charge in [-0.1, -0.05) is 41.6 Å². The summed E-state index contributed by atoms with van der Waals surface area (Å²) >= 11 is 0. The minimum Gasteiger partial charge on any atom is -0.478 e. The second kappa shape index (κ2) is 8.73. The maximum absolute atomic E-state index is 14.2. The SMILES string of the molecule is NC(c1ccc2c(c1)CCc1c-2noc1-c1cnn(-c2ccccc2)c1C(F)(F)F)c1occc1C(=O)O. The van der Waals surface area contributed by atoms with E-state index < -0.39 is 23.9 Å². The van der Waals surface area contributed by atoms with E-state index in [1.807, 2.05) is 6.07 Å². The average Bonchev–Trinajstić information content (AvgIpc) is 3.66. The monoisotopic (exact) mass is 520 g/mol. The third-order valence-corrected chi connectivity index (χ3v) is 6.67. The maximum Gasteiger partial charge on any atom is 0.434 e. The summed E-state index contributed by atoms with van der Waals surface area (Å²) < 4.78 is 54.4. The second-order valence-electron chi connectivity index (χ2n) is 8.89. The summed E-state index contributed by atoms with van der Waals surface area (Å²) in [5, 5.41) is 17.5. The number of hydrogen-bond donors (Lipinski definition) is 2. The number of rotatable bonds is 5. The van der Waals surface area contributed by atoms with Crippen LogP contribution in [0.1, 0.15) is 44.5 Å². The van der Waals surface area contributed by atoms with Crippen LogP contribution in [0.2, 0.25) is 0 Å². The van der Waals surface area contributed by atoms with Gasteiger partial charge in [0, 0.05) is 11.1 Å². The van der Waals surface area contributed by atoms with Crippen molar-refractivity contribution in [1.82, 2.24) is 14.9 Å². The zero-order valence-electron chi connectivity index (χ0n) is 19.6. The van der Waals surface area contributed by atoms with Crippen LogP contribution in [0.5, 0.6) is 0 Å². The predicted molar refractivity (Wildman–Crippen MR) is 129 cm³/mol. The highest BCUT2D eigenvalue weighted by Gasteiger charge is 2.41. The number of nitrogens with zero attached hydrogens (tertiary/aromatic N) is 3. The Hall–Kier alpha value is -4.64. The number of benzene rings is 2. The first kappa shape index (κ1) is 23.7. The van der Waals surface area contributed by atoms with E-state index in [-0.39, 0.29) is 28.3 Å². The highest BCUT2D eigenvalue weighted by molar-refractivity contribution is 5.89. The van der Waals surface area contributed by atoms with E-state index in [2.05, 4.69) is 10.3 Å². The van der Waals surface area contributed by atoms with E-state index in [9.17, 15) is 23.1 Å². The van der Waals surface area contributed by atoms with Gasteiger partial charge in [-0.2, -0.15) is 18.3 Å². The van der Waals surface area contributed by atoms with Crippen molar-refractivity contribution in [3.05, 3.63) is 101 Å². The molecule has 8 nitrogen and oxygen atoms in total. The van der Waals surface area contributed by atoms with Crippen LogP contribution in [-0.4, -0.2) is 26.0 Å². The number of carboxylic acid groups (broad SMARTS) is 1. The molecule has 0 amide bonds. The van der Waals surface area contributed by atoms with Gasteiger partial charge in [0.15, 0.2) is 11.5 Å². The number of fused-ring (bicyclic) bond motifs is 3. The number of para-hydroxylation sites is 1. The molecular weight excluding hydrogens is 501 g/mol. The minimum absolute atomic E-state index is 0.0184. The number of aryl methyl sites for hydroxylation is 1. The van der Waals surface area contributed by atoms with Gasteiger partial charge in [-0.05, 0) is 42.2 Å². The van der Waals surface area contributed by atoms with Crippen LogP contribution in [0, 0.1) is 0 Å². The fraction of sp³-hybridized carbons (Fsp3) is 0.148. The van der Waals surface area contributed by atoms with Crippen molar-refractivity contribution in [2.24, 2.45) is 5.73 Å². The molecule has 0 bridgehead atoms. The molecule has 0 spiro atoms. The quantitative estimate of drug-likeness (QED) is 0.307. The molecule has 1 aliphatic rings. The number of aromatic carboxylic acids is 1. The molecule has 11 heteroatoms.